The largest absolute Gasteiger partial charge is 0.460 e. The van der Waals surface area contributed by atoms with E-state index < -0.39 is 35.3 Å². The average molecular weight is 598 g/mol. The molecule has 0 saturated carbocycles. The van der Waals surface area contributed by atoms with Crippen molar-refractivity contribution in [2.24, 2.45) is 7.05 Å². The number of aliphatic hydroxyl groups excluding tert-OH is 1. The third-order valence-electron chi connectivity index (χ3n) is 6.39. The summed E-state index contributed by atoms with van der Waals surface area (Å²) in [5.41, 5.74) is 1.37. The number of aryl methyl sites for hydroxylation is 1. The van der Waals surface area contributed by atoms with Crippen molar-refractivity contribution in [2.75, 3.05) is 37.7 Å². The number of amides is 2. The molecule has 0 bridgehead atoms. The summed E-state index contributed by atoms with van der Waals surface area (Å²) < 4.78 is 7.13. The van der Waals surface area contributed by atoms with Crippen LogP contribution < -0.4 is 5.32 Å². The van der Waals surface area contributed by atoms with Crippen LogP contribution in [0.3, 0.4) is 0 Å². The Morgan fingerprint density at radius 3 is 2.64 bits per heavy atom. The van der Waals surface area contributed by atoms with Gasteiger partial charge in [-0.25, -0.2) is 9.48 Å². The summed E-state index contributed by atoms with van der Waals surface area (Å²) in [6.45, 7) is 6.53. The molecule has 0 aliphatic carbocycles. The van der Waals surface area contributed by atoms with E-state index in [-0.39, 0.29) is 24.7 Å². The molecule has 3 atom stereocenters. The second-order valence-electron chi connectivity index (χ2n) is 8.70. The van der Waals surface area contributed by atoms with E-state index in [1.807, 2.05) is 13.8 Å². The Morgan fingerprint density at radius 2 is 2.00 bits per heavy atom. The van der Waals surface area contributed by atoms with E-state index in [9.17, 15) is 19.5 Å². The van der Waals surface area contributed by atoms with Crippen LogP contribution in [0.4, 0.5) is 0 Å². The number of tetrazole rings is 1. The Kier molecular flexibility index (Phi) is 11.2. The highest BCUT2D eigenvalue weighted by molar-refractivity contribution is 8.01. The van der Waals surface area contributed by atoms with Crippen molar-refractivity contribution in [3.8, 4) is 0 Å². The molecule has 1 fully saturated rings. The minimum atomic E-state index is -1.40. The zero-order valence-corrected chi connectivity index (χ0v) is 24.3. The first-order chi connectivity index (χ1) is 18.3. The van der Waals surface area contributed by atoms with Crippen LogP contribution in [0.2, 0.25) is 0 Å². The molecule has 0 spiro atoms. The smallest absolute Gasteiger partial charge is 0.355 e. The summed E-state index contributed by atoms with van der Waals surface area (Å²) in [5, 5.41) is 24.6. The van der Waals surface area contributed by atoms with Gasteiger partial charge in [0.25, 0.3) is 11.8 Å². The van der Waals surface area contributed by atoms with Gasteiger partial charge in [0.05, 0.1) is 0 Å². The number of β-lactam (4-membered cyclic amide) rings is 1. The summed E-state index contributed by atoms with van der Waals surface area (Å²) in [6.07, 6.45) is -1.40. The summed E-state index contributed by atoms with van der Waals surface area (Å²) in [4.78, 5) is 42.7. The van der Waals surface area contributed by atoms with Gasteiger partial charge in [-0.05, 0) is 34.7 Å². The molecule has 0 radical (unpaired) electrons. The molecule has 3 heterocycles. The number of ether oxygens (including phenoxy) is 1. The quantitative estimate of drug-likeness (QED) is 0.205. The zero-order valence-electron chi connectivity index (χ0n) is 21.8. The van der Waals surface area contributed by atoms with Gasteiger partial charge in [-0.15, -0.1) is 29.3 Å². The topological polar surface area (TPSA) is 143 Å². The lowest BCUT2D eigenvalue weighted by Crippen LogP contribution is -2.71. The van der Waals surface area contributed by atoms with Crippen LogP contribution in [0.1, 0.15) is 25.5 Å². The SMILES string of the molecule is CCN(CC)CCOC(=O)C1=C(CSc2nnnn2C)CS[C@@H]2[C@H](NC(=O)[C@H](O)c3ccccc3)C(=O)N12.Cl. The highest BCUT2D eigenvalue weighted by Crippen LogP contribution is 2.42. The Bertz CT molecular complexity index is 1190. The van der Waals surface area contributed by atoms with Gasteiger partial charge in [0.1, 0.15) is 23.7 Å². The van der Waals surface area contributed by atoms with Gasteiger partial charge < -0.3 is 20.1 Å². The molecule has 0 unspecified atom stereocenters. The number of hydrogen-bond acceptors (Lipinski definition) is 11. The number of thioether (sulfide) groups is 2. The lowest BCUT2D eigenvalue weighted by molar-refractivity contribution is -0.153. The van der Waals surface area contributed by atoms with Gasteiger partial charge in [-0.1, -0.05) is 55.9 Å². The van der Waals surface area contributed by atoms with Gasteiger partial charge in [-0.2, -0.15) is 0 Å². The molecule has 2 aliphatic heterocycles. The molecule has 1 aromatic heterocycles. The number of benzene rings is 1. The lowest BCUT2D eigenvalue weighted by atomic mass is 10.0. The monoisotopic (exact) mass is 597 g/mol. The maximum absolute atomic E-state index is 13.3. The molecule has 15 heteroatoms. The average Bonchev–Trinajstić information content (AvgIpc) is 3.36. The molecular formula is C24H32ClN7O5S2. The second kappa shape index (κ2) is 14.1. The van der Waals surface area contributed by atoms with Gasteiger partial charge >= 0.3 is 5.97 Å². The molecule has 2 N–H and O–H groups in total. The third-order valence-corrected chi connectivity index (χ3v) is 8.83. The Hall–Kier alpha value is -2.65. The van der Waals surface area contributed by atoms with Crippen LogP contribution in [0.15, 0.2) is 46.8 Å². The predicted molar refractivity (Wildman–Crippen MR) is 149 cm³/mol. The fourth-order valence-corrected chi connectivity index (χ4v) is 6.51. The van der Waals surface area contributed by atoms with Crippen molar-refractivity contribution in [1.29, 1.82) is 0 Å². The fraction of sp³-hybridized carbons (Fsp3) is 0.500. The number of esters is 1. The molecule has 2 aliphatic rings. The first-order valence-corrected chi connectivity index (χ1v) is 14.3. The maximum atomic E-state index is 13.3. The number of aliphatic hydroxyl groups is 1. The number of rotatable bonds is 12. The van der Waals surface area contributed by atoms with Gasteiger partial charge in [0.15, 0.2) is 6.10 Å². The van der Waals surface area contributed by atoms with E-state index in [4.69, 9.17) is 4.74 Å². The summed E-state index contributed by atoms with van der Waals surface area (Å²) in [5.74, 6) is -0.813. The van der Waals surface area contributed by atoms with Crippen molar-refractivity contribution in [3.05, 3.63) is 47.2 Å². The normalized spacial score (nSPS) is 19.2. The third kappa shape index (κ3) is 6.92. The molecule has 39 heavy (non-hydrogen) atoms. The number of carbonyl (C=O) groups is 3. The predicted octanol–water partition coefficient (Wildman–Crippen LogP) is 0.997. The first-order valence-electron chi connectivity index (χ1n) is 12.3. The van der Waals surface area contributed by atoms with Crippen molar-refractivity contribution in [3.63, 3.8) is 0 Å². The molecule has 12 nitrogen and oxygen atoms in total. The molecule has 4 rings (SSSR count). The van der Waals surface area contributed by atoms with E-state index in [2.05, 4.69) is 25.7 Å². The highest BCUT2D eigenvalue weighted by Gasteiger charge is 2.54. The Balaban J connectivity index is 0.00000420. The van der Waals surface area contributed by atoms with E-state index in [1.165, 1.54) is 33.1 Å². The molecule has 212 valence electrons. The molecule has 2 aromatic rings. The van der Waals surface area contributed by atoms with E-state index in [0.717, 1.165) is 18.7 Å². The Morgan fingerprint density at radius 1 is 1.28 bits per heavy atom. The van der Waals surface area contributed by atoms with E-state index in [1.54, 1.807) is 37.4 Å². The number of fused-ring (bicyclic) bond motifs is 1. The maximum Gasteiger partial charge on any atom is 0.355 e. The van der Waals surface area contributed by atoms with Crippen molar-refractivity contribution in [1.82, 2.24) is 35.3 Å². The number of carbonyl (C=O) groups excluding carboxylic acids is 3. The number of halogens is 1. The fourth-order valence-electron chi connectivity index (χ4n) is 4.17. The number of nitrogens with one attached hydrogen (secondary N) is 1. The number of aromatic nitrogens is 4. The van der Waals surface area contributed by atoms with Gasteiger partial charge in [-0.3, -0.25) is 14.5 Å². The van der Waals surface area contributed by atoms with Crippen LogP contribution in [-0.4, -0.2) is 102 Å². The second-order valence-corrected chi connectivity index (χ2v) is 10.7. The van der Waals surface area contributed by atoms with E-state index >= 15 is 0 Å². The van der Waals surface area contributed by atoms with Gasteiger partial charge in [0, 0.05) is 25.1 Å². The summed E-state index contributed by atoms with van der Waals surface area (Å²) >= 11 is 2.80. The number of nitrogens with zero attached hydrogens (tertiary/aromatic N) is 6. The highest BCUT2D eigenvalue weighted by atomic mass is 35.5. The van der Waals surface area contributed by atoms with Crippen LogP contribution in [0, 0.1) is 0 Å². The van der Waals surface area contributed by atoms with E-state index in [0.29, 0.717) is 28.8 Å². The standard InChI is InChI=1S/C24H31N7O5S2.ClH/c1-4-30(5-2)11-12-36-23(35)18-16(14-38-24-26-27-28-29(24)3)13-37-22-17(21(34)31(18)22)25-20(33)19(32)15-9-7-6-8-10-15;/h6-10,17,19,22,32H,4-5,11-14H2,1-3H3,(H,25,33);1H/t17-,19-,22-;/m1./s1. The van der Waals surface area contributed by atoms with Crippen LogP contribution in [0.25, 0.3) is 0 Å². The summed E-state index contributed by atoms with van der Waals surface area (Å²) in [6, 6.07) is 7.64. The zero-order chi connectivity index (χ0) is 27.2. The first kappa shape index (κ1) is 30.9. The molecule has 1 aromatic carbocycles. The molecular weight excluding hydrogens is 566 g/mol. The van der Waals surface area contributed by atoms with Crippen molar-refractivity contribution >= 4 is 53.7 Å². The molecule has 1 saturated heterocycles. The van der Waals surface area contributed by atoms with Crippen LogP contribution >= 0.6 is 35.9 Å². The van der Waals surface area contributed by atoms with Crippen LogP contribution in [-0.2, 0) is 26.2 Å². The lowest BCUT2D eigenvalue weighted by Gasteiger charge is -2.49. The molecule has 2 amide bonds. The number of hydrogen-bond donors (Lipinski definition) is 2. The van der Waals surface area contributed by atoms with Crippen molar-refractivity contribution < 1.29 is 24.2 Å². The van der Waals surface area contributed by atoms with Crippen molar-refractivity contribution in [2.45, 2.75) is 36.5 Å². The Labute approximate surface area is 241 Å². The number of likely N-dealkylation sites (N-methyl/N-ethyl adjacent to an activating group) is 1. The van der Waals surface area contributed by atoms with Gasteiger partial charge in [0.2, 0.25) is 5.16 Å². The minimum absolute atomic E-state index is 0. The summed E-state index contributed by atoms with van der Waals surface area (Å²) in [7, 11) is 1.72. The van der Waals surface area contributed by atoms with Crippen LogP contribution in [0.5, 0.6) is 0 Å². The minimum Gasteiger partial charge on any atom is -0.460 e.